The molecule has 0 spiro atoms. The van der Waals surface area contributed by atoms with Crippen LogP contribution in [0.3, 0.4) is 0 Å². The van der Waals surface area contributed by atoms with Crippen LogP contribution in [0.2, 0.25) is 0 Å². The smallest absolute Gasteiger partial charge is 0.340 e. The molecule has 1 atom stereocenters. The molecule has 2 heteroatoms. The molecule has 0 aliphatic heterocycles. The molecule has 0 amide bonds. The Labute approximate surface area is 117 Å². The molecule has 2 aromatic carbocycles. The first-order valence-corrected chi connectivity index (χ1v) is 6.87. The maximum atomic E-state index is 12.2. The summed E-state index contributed by atoms with van der Waals surface area (Å²) in [4.78, 5) is 12.2. The van der Waals surface area contributed by atoms with Gasteiger partial charge in [0.05, 0.1) is 0 Å². The zero-order chi connectivity index (χ0) is 13.9. The first-order valence-electron chi connectivity index (χ1n) is 6.87. The van der Waals surface area contributed by atoms with Crippen LogP contribution >= 0.6 is 0 Å². The van der Waals surface area contributed by atoms with Crippen LogP contribution in [0.15, 0.2) is 69.9 Å². The Bertz CT molecular complexity index is 772. The average molecular weight is 264 g/mol. The van der Waals surface area contributed by atoms with Crippen molar-refractivity contribution in [1.82, 2.24) is 0 Å². The van der Waals surface area contributed by atoms with Crippen LogP contribution in [0.1, 0.15) is 30.4 Å². The Balaban J connectivity index is 2.17. The molecule has 1 unspecified atom stereocenters. The summed E-state index contributed by atoms with van der Waals surface area (Å²) in [5.74, 6) is 0.0806. The van der Waals surface area contributed by atoms with E-state index in [0.717, 1.165) is 22.9 Å². The van der Waals surface area contributed by atoms with E-state index in [-0.39, 0.29) is 11.5 Å². The first-order chi connectivity index (χ1) is 9.79. The maximum Gasteiger partial charge on any atom is 0.340 e. The van der Waals surface area contributed by atoms with E-state index in [1.54, 1.807) is 0 Å². The van der Waals surface area contributed by atoms with Crippen molar-refractivity contribution in [3.8, 4) is 0 Å². The Morgan fingerprint density at radius 2 is 1.70 bits per heavy atom. The van der Waals surface area contributed by atoms with Crippen LogP contribution in [-0.2, 0) is 0 Å². The second kappa shape index (κ2) is 5.33. The van der Waals surface area contributed by atoms with Gasteiger partial charge in [-0.15, -0.1) is 0 Å². The molecule has 0 saturated heterocycles. The van der Waals surface area contributed by atoms with E-state index in [9.17, 15) is 4.79 Å². The molecule has 0 fully saturated rings. The third kappa shape index (κ3) is 2.25. The highest BCUT2D eigenvalue weighted by Gasteiger charge is 2.17. The highest BCUT2D eigenvalue weighted by molar-refractivity contribution is 5.76. The van der Waals surface area contributed by atoms with E-state index in [1.807, 2.05) is 48.5 Å². The van der Waals surface area contributed by atoms with Crippen LogP contribution < -0.4 is 5.63 Å². The standard InChI is InChI=1S/C18H16O2/c1-2-15(13-8-4-3-5-9-13)16-12-14-10-6-7-11-17(14)20-18(16)19/h3-12,15H,2H2,1H3. The van der Waals surface area contributed by atoms with E-state index < -0.39 is 0 Å². The first kappa shape index (κ1) is 12.7. The van der Waals surface area contributed by atoms with Gasteiger partial charge in [0.15, 0.2) is 0 Å². The molecule has 0 N–H and O–H groups in total. The summed E-state index contributed by atoms with van der Waals surface area (Å²) in [5.41, 5.74) is 2.29. The molecule has 1 aromatic heterocycles. The SMILES string of the molecule is CCC(c1ccccc1)c1cc2ccccc2oc1=O. The van der Waals surface area contributed by atoms with Gasteiger partial charge >= 0.3 is 5.63 Å². The van der Waals surface area contributed by atoms with E-state index in [4.69, 9.17) is 4.42 Å². The number of benzene rings is 2. The van der Waals surface area contributed by atoms with Crippen molar-refractivity contribution in [3.05, 3.63) is 82.2 Å². The molecule has 100 valence electrons. The lowest BCUT2D eigenvalue weighted by atomic mass is 9.90. The molecular weight excluding hydrogens is 248 g/mol. The fourth-order valence-electron chi connectivity index (χ4n) is 2.64. The van der Waals surface area contributed by atoms with Gasteiger partial charge in [-0.25, -0.2) is 4.79 Å². The minimum Gasteiger partial charge on any atom is -0.423 e. The van der Waals surface area contributed by atoms with Crippen molar-refractivity contribution in [3.63, 3.8) is 0 Å². The largest absolute Gasteiger partial charge is 0.423 e. The van der Waals surface area contributed by atoms with E-state index in [0.29, 0.717) is 5.58 Å². The Morgan fingerprint density at radius 3 is 2.45 bits per heavy atom. The molecule has 0 aliphatic rings. The molecule has 0 saturated carbocycles. The molecule has 0 aliphatic carbocycles. The molecule has 1 heterocycles. The fourth-order valence-corrected chi connectivity index (χ4v) is 2.64. The predicted octanol–water partition coefficient (Wildman–Crippen LogP) is 4.33. The van der Waals surface area contributed by atoms with Gasteiger partial charge in [0.2, 0.25) is 0 Å². The summed E-state index contributed by atoms with van der Waals surface area (Å²) in [7, 11) is 0. The topological polar surface area (TPSA) is 30.2 Å². The van der Waals surface area contributed by atoms with Crippen molar-refractivity contribution in [2.45, 2.75) is 19.3 Å². The van der Waals surface area contributed by atoms with Gasteiger partial charge in [0, 0.05) is 16.9 Å². The third-order valence-corrected chi connectivity index (χ3v) is 3.65. The van der Waals surface area contributed by atoms with Crippen molar-refractivity contribution >= 4 is 11.0 Å². The van der Waals surface area contributed by atoms with Crippen LogP contribution in [0, 0.1) is 0 Å². The summed E-state index contributed by atoms with van der Waals surface area (Å²) in [5, 5.41) is 0.969. The number of hydrogen-bond donors (Lipinski definition) is 0. The van der Waals surface area contributed by atoms with Crippen molar-refractivity contribution < 1.29 is 4.42 Å². The summed E-state index contributed by atoms with van der Waals surface area (Å²) in [6, 6.07) is 19.7. The third-order valence-electron chi connectivity index (χ3n) is 3.65. The minimum absolute atomic E-state index is 0.0806. The van der Waals surface area contributed by atoms with Gasteiger partial charge in [-0.05, 0) is 24.1 Å². The molecule has 20 heavy (non-hydrogen) atoms. The van der Waals surface area contributed by atoms with Crippen molar-refractivity contribution in [2.24, 2.45) is 0 Å². The van der Waals surface area contributed by atoms with E-state index in [1.165, 1.54) is 0 Å². The van der Waals surface area contributed by atoms with Crippen LogP contribution in [0.4, 0.5) is 0 Å². The summed E-state index contributed by atoms with van der Waals surface area (Å²) >= 11 is 0. The zero-order valence-corrected chi connectivity index (χ0v) is 11.4. The number of rotatable bonds is 3. The zero-order valence-electron chi connectivity index (χ0n) is 11.4. The molecular formula is C18H16O2. The van der Waals surface area contributed by atoms with Crippen molar-refractivity contribution in [2.75, 3.05) is 0 Å². The lowest BCUT2D eigenvalue weighted by Crippen LogP contribution is -2.13. The Morgan fingerprint density at radius 1 is 1.00 bits per heavy atom. The van der Waals surface area contributed by atoms with Gasteiger partial charge in [0.25, 0.3) is 0 Å². The number of fused-ring (bicyclic) bond motifs is 1. The molecule has 2 nitrogen and oxygen atoms in total. The normalized spacial score (nSPS) is 12.4. The Kier molecular flexibility index (Phi) is 3.38. The van der Waals surface area contributed by atoms with Crippen molar-refractivity contribution in [1.29, 1.82) is 0 Å². The summed E-state index contributed by atoms with van der Waals surface area (Å²) in [6.45, 7) is 2.09. The fraction of sp³-hybridized carbons (Fsp3) is 0.167. The highest BCUT2D eigenvalue weighted by Crippen LogP contribution is 2.27. The molecule has 0 radical (unpaired) electrons. The predicted molar refractivity (Wildman–Crippen MR) is 81.1 cm³/mol. The van der Waals surface area contributed by atoms with Crippen LogP contribution in [-0.4, -0.2) is 0 Å². The molecule has 0 bridgehead atoms. The van der Waals surface area contributed by atoms with Gasteiger partial charge in [0.1, 0.15) is 5.58 Å². The lowest BCUT2D eigenvalue weighted by molar-refractivity contribution is 0.541. The summed E-state index contributed by atoms with van der Waals surface area (Å²) in [6.07, 6.45) is 0.868. The van der Waals surface area contributed by atoms with Crippen LogP contribution in [0.25, 0.3) is 11.0 Å². The monoisotopic (exact) mass is 264 g/mol. The average Bonchev–Trinajstić information content (AvgIpc) is 2.49. The second-order valence-electron chi connectivity index (χ2n) is 4.90. The quantitative estimate of drug-likeness (QED) is 0.659. The summed E-state index contributed by atoms with van der Waals surface area (Å²) < 4.78 is 5.44. The lowest BCUT2D eigenvalue weighted by Gasteiger charge is -2.14. The van der Waals surface area contributed by atoms with Gasteiger partial charge in [-0.2, -0.15) is 0 Å². The highest BCUT2D eigenvalue weighted by atomic mass is 16.4. The van der Waals surface area contributed by atoms with Gasteiger partial charge in [-0.3, -0.25) is 0 Å². The van der Waals surface area contributed by atoms with Gasteiger partial charge < -0.3 is 4.42 Å². The second-order valence-corrected chi connectivity index (χ2v) is 4.90. The van der Waals surface area contributed by atoms with Crippen LogP contribution in [0.5, 0.6) is 0 Å². The minimum atomic E-state index is -0.237. The Hall–Kier alpha value is -2.35. The molecule has 3 rings (SSSR count). The number of para-hydroxylation sites is 1. The molecule has 3 aromatic rings. The van der Waals surface area contributed by atoms with E-state index >= 15 is 0 Å². The van der Waals surface area contributed by atoms with E-state index in [2.05, 4.69) is 19.1 Å². The van der Waals surface area contributed by atoms with Gasteiger partial charge in [-0.1, -0.05) is 55.5 Å². The maximum absolute atomic E-state index is 12.2. The number of hydrogen-bond acceptors (Lipinski definition) is 2.